The molecule has 0 unspecified atom stereocenters. The SMILES string of the molecule is C=C/C=C(/C/C=C(\C=C/N)c1ccccc1)[C@@H](CC)C[C@@H](C)C=CC. The van der Waals surface area contributed by atoms with Gasteiger partial charge in [-0.05, 0) is 61.4 Å². The Balaban J connectivity index is 3.01. The van der Waals surface area contributed by atoms with E-state index in [0.29, 0.717) is 11.8 Å². The second kappa shape index (κ2) is 12.1. The van der Waals surface area contributed by atoms with E-state index in [4.69, 9.17) is 5.73 Å². The number of hydrogen-bond donors (Lipinski definition) is 1. The van der Waals surface area contributed by atoms with Crippen molar-refractivity contribution in [1.82, 2.24) is 0 Å². The molecular formula is C24H33N. The average molecular weight is 336 g/mol. The van der Waals surface area contributed by atoms with Gasteiger partial charge in [-0.15, -0.1) is 0 Å². The predicted molar refractivity (Wildman–Crippen MR) is 113 cm³/mol. The van der Waals surface area contributed by atoms with Gasteiger partial charge in [-0.25, -0.2) is 0 Å². The summed E-state index contributed by atoms with van der Waals surface area (Å²) in [4.78, 5) is 0. The van der Waals surface area contributed by atoms with E-state index < -0.39 is 0 Å². The average Bonchev–Trinajstić information content (AvgIpc) is 2.63. The Morgan fingerprint density at radius 2 is 1.96 bits per heavy atom. The van der Waals surface area contributed by atoms with Crippen molar-refractivity contribution in [3.63, 3.8) is 0 Å². The molecule has 0 heterocycles. The lowest BCUT2D eigenvalue weighted by Gasteiger charge is -2.21. The molecule has 25 heavy (non-hydrogen) atoms. The Bertz CT molecular complexity index is 617. The molecule has 0 aliphatic rings. The number of nitrogens with two attached hydrogens (primary N) is 1. The zero-order valence-electron chi connectivity index (χ0n) is 16.0. The van der Waals surface area contributed by atoms with Crippen LogP contribution in [0.15, 0.2) is 85.1 Å². The molecule has 0 aliphatic heterocycles. The molecular weight excluding hydrogens is 302 g/mol. The molecule has 0 bridgehead atoms. The van der Waals surface area contributed by atoms with Gasteiger partial charge in [0.25, 0.3) is 0 Å². The van der Waals surface area contributed by atoms with Crippen LogP contribution in [0.2, 0.25) is 0 Å². The van der Waals surface area contributed by atoms with Crippen molar-refractivity contribution in [2.75, 3.05) is 0 Å². The van der Waals surface area contributed by atoms with E-state index in [2.05, 4.69) is 75.9 Å². The summed E-state index contributed by atoms with van der Waals surface area (Å²) in [5, 5.41) is 0. The van der Waals surface area contributed by atoms with Gasteiger partial charge in [-0.1, -0.05) is 86.7 Å². The fraction of sp³-hybridized carbons (Fsp3) is 0.333. The van der Waals surface area contributed by atoms with Crippen LogP contribution in [0.4, 0.5) is 0 Å². The molecule has 1 rings (SSSR count). The summed E-state index contributed by atoms with van der Waals surface area (Å²) < 4.78 is 0. The maximum atomic E-state index is 5.66. The van der Waals surface area contributed by atoms with Crippen LogP contribution in [-0.4, -0.2) is 0 Å². The van der Waals surface area contributed by atoms with E-state index in [1.54, 1.807) is 6.20 Å². The van der Waals surface area contributed by atoms with Crippen LogP contribution < -0.4 is 5.73 Å². The van der Waals surface area contributed by atoms with Crippen LogP contribution in [0.1, 0.15) is 45.6 Å². The fourth-order valence-corrected chi connectivity index (χ4v) is 3.20. The Labute approximate surface area is 154 Å². The Morgan fingerprint density at radius 1 is 1.24 bits per heavy atom. The highest BCUT2D eigenvalue weighted by molar-refractivity contribution is 5.74. The van der Waals surface area contributed by atoms with Crippen molar-refractivity contribution in [2.24, 2.45) is 17.6 Å². The first-order valence-corrected chi connectivity index (χ1v) is 9.24. The smallest absolute Gasteiger partial charge is 0.00563 e. The zero-order valence-corrected chi connectivity index (χ0v) is 16.0. The maximum absolute atomic E-state index is 5.66. The molecule has 1 aromatic rings. The van der Waals surface area contributed by atoms with E-state index in [-0.39, 0.29) is 0 Å². The van der Waals surface area contributed by atoms with Crippen LogP contribution in [0.3, 0.4) is 0 Å². The van der Waals surface area contributed by atoms with E-state index in [1.165, 1.54) is 17.6 Å². The summed E-state index contributed by atoms with van der Waals surface area (Å²) in [5.41, 5.74) is 9.45. The summed E-state index contributed by atoms with van der Waals surface area (Å²) in [6.07, 6.45) is 17.6. The Morgan fingerprint density at radius 3 is 2.52 bits per heavy atom. The molecule has 0 saturated heterocycles. The minimum Gasteiger partial charge on any atom is -0.405 e. The standard InChI is InChI=1S/C24H33N/c1-5-11-20(4)19-21(7-3)22(12-6-2)15-16-24(17-18-25)23-13-9-8-10-14-23/h5-6,8-14,16-18,20-21H,2,7,15,19,25H2,1,3-4H3/b11-5?,18-17-,22-12-,24-16+/t20-,21-/m0/s1. The first-order chi connectivity index (χ1) is 12.2. The first kappa shape index (κ1) is 20.8. The minimum atomic E-state index is 0.569. The van der Waals surface area contributed by atoms with E-state index in [1.807, 2.05) is 18.2 Å². The quantitative estimate of drug-likeness (QED) is 0.375. The van der Waals surface area contributed by atoms with Crippen LogP contribution in [-0.2, 0) is 0 Å². The second-order valence-electron chi connectivity index (χ2n) is 6.41. The lowest BCUT2D eigenvalue weighted by Crippen LogP contribution is -2.07. The van der Waals surface area contributed by atoms with Gasteiger partial charge >= 0.3 is 0 Å². The van der Waals surface area contributed by atoms with E-state index in [9.17, 15) is 0 Å². The molecule has 0 fully saturated rings. The van der Waals surface area contributed by atoms with Gasteiger partial charge in [0, 0.05) is 0 Å². The maximum Gasteiger partial charge on any atom is -0.00563 e. The normalized spacial score (nSPS) is 15.6. The molecule has 1 aromatic carbocycles. The highest BCUT2D eigenvalue weighted by Crippen LogP contribution is 2.28. The lowest BCUT2D eigenvalue weighted by atomic mass is 9.85. The van der Waals surface area contributed by atoms with Gasteiger partial charge in [0.1, 0.15) is 0 Å². The van der Waals surface area contributed by atoms with Gasteiger partial charge in [0.15, 0.2) is 0 Å². The summed E-state index contributed by atoms with van der Waals surface area (Å²) in [7, 11) is 0. The number of rotatable bonds is 10. The molecule has 0 amide bonds. The van der Waals surface area contributed by atoms with Gasteiger partial charge in [0.05, 0.1) is 0 Å². The fourth-order valence-electron chi connectivity index (χ4n) is 3.20. The predicted octanol–water partition coefficient (Wildman–Crippen LogP) is 6.67. The lowest BCUT2D eigenvalue weighted by molar-refractivity contribution is 0.470. The van der Waals surface area contributed by atoms with Gasteiger partial charge in [-0.2, -0.15) is 0 Å². The van der Waals surface area contributed by atoms with Crippen molar-refractivity contribution in [1.29, 1.82) is 0 Å². The topological polar surface area (TPSA) is 26.0 Å². The zero-order chi connectivity index (χ0) is 18.5. The van der Waals surface area contributed by atoms with Crippen LogP contribution in [0, 0.1) is 11.8 Å². The third kappa shape index (κ3) is 7.43. The Kier molecular flexibility index (Phi) is 10.1. The van der Waals surface area contributed by atoms with Gasteiger partial charge < -0.3 is 5.73 Å². The highest BCUT2D eigenvalue weighted by atomic mass is 14.5. The first-order valence-electron chi connectivity index (χ1n) is 9.24. The molecule has 0 radical (unpaired) electrons. The van der Waals surface area contributed by atoms with Crippen LogP contribution >= 0.6 is 0 Å². The molecule has 0 saturated carbocycles. The second-order valence-corrected chi connectivity index (χ2v) is 6.41. The van der Waals surface area contributed by atoms with Gasteiger partial charge in [0.2, 0.25) is 0 Å². The molecule has 0 spiro atoms. The summed E-state index contributed by atoms with van der Waals surface area (Å²) >= 11 is 0. The minimum absolute atomic E-state index is 0.569. The van der Waals surface area contributed by atoms with Crippen molar-refractivity contribution < 1.29 is 0 Å². The van der Waals surface area contributed by atoms with Crippen molar-refractivity contribution in [3.05, 3.63) is 90.7 Å². The summed E-state index contributed by atoms with van der Waals surface area (Å²) in [6.45, 7) is 10.6. The van der Waals surface area contributed by atoms with Gasteiger partial charge in [-0.3, -0.25) is 0 Å². The third-order valence-corrected chi connectivity index (χ3v) is 4.47. The molecule has 1 nitrogen and oxygen atoms in total. The summed E-state index contributed by atoms with van der Waals surface area (Å²) in [5.74, 6) is 1.16. The molecule has 2 atom stereocenters. The number of benzene rings is 1. The van der Waals surface area contributed by atoms with Crippen LogP contribution in [0.25, 0.3) is 5.57 Å². The Hall–Kier alpha value is -2.28. The van der Waals surface area contributed by atoms with E-state index >= 15 is 0 Å². The molecule has 1 heteroatoms. The molecule has 0 aromatic heterocycles. The highest BCUT2D eigenvalue weighted by Gasteiger charge is 2.14. The molecule has 2 N–H and O–H groups in total. The van der Waals surface area contributed by atoms with Crippen molar-refractivity contribution in [3.8, 4) is 0 Å². The molecule has 0 aliphatic carbocycles. The number of allylic oxidation sites excluding steroid dienone is 8. The molecule has 134 valence electrons. The van der Waals surface area contributed by atoms with Crippen molar-refractivity contribution in [2.45, 2.75) is 40.0 Å². The monoisotopic (exact) mass is 335 g/mol. The van der Waals surface area contributed by atoms with Crippen molar-refractivity contribution >= 4 is 5.57 Å². The van der Waals surface area contributed by atoms with E-state index in [0.717, 1.165) is 18.4 Å². The number of hydrogen-bond acceptors (Lipinski definition) is 1. The summed E-state index contributed by atoms with van der Waals surface area (Å²) in [6, 6.07) is 10.4. The van der Waals surface area contributed by atoms with Crippen LogP contribution in [0.5, 0.6) is 0 Å². The largest absolute Gasteiger partial charge is 0.405 e. The third-order valence-electron chi connectivity index (χ3n) is 4.47.